The van der Waals surface area contributed by atoms with Crippen LogP contribution in [0, 0.1) is 6.92 Å². The maximum Gasteiger partial charge on any atom is 0.226 e. The van der Waals surface area contributed by atoms with Crippen molar-refractivity contribution in [1.82, 2.24) is 19.9 Å². The van der Waals surface area contributed by atoms with Crippen LogP contribution in [0.3, 0.4) is 0 Å². The van der Waals surface area contributed by atoms with Crippen molar-refractivity contribution in [2.24, 2.45) is 0 Å². The lowest BCUT2D eigenvalue weighted by Crippen LogP contribution is -2.49. The van der Waals surface area contributed by atoms with E-state index in [9.17, 15) is 4.79 Å². The second-order valence-corrected chi connectivity index (χ2v) is 6.36. The van der Waals surface area contributed by atoms with Crippen molar-refractivity contribution >= 4 is 5.91 Å². The van der Waals surface area contributed by atoms with Gasteiger partial charge >= 0.3 is 0 Å². The van der Waals surface area contributed by atoms with Crippen molar-refractivity contribution in [3.05, 3.63) is 47.6 Å². The SMILES string of the molecule is Cc1noc(CCCC(=O)N2CCN(C)C[C@@H]2c2ccccc2)n1. The lowest BCUT2D eigenvalue weighted by atomic mass is 10.0. The minimum atomic E-state index is 0.128. The molecule has 2 aromatic rings. The molecule has 1 amide bonds. The number of likely N-dealkylation sites (N-methyl/N-ethyl adjacent to an activating group) is 1. The van der Waals surface area contributed by atoms with Gasteiger partial charge < -0.3 is 14.3 Å². The molecule has 1 atom stereocenters. The maximum absolute atomic E-state index is 12.7. The standard InChI is InChI=1S/C18H24N4O2/c1-14-19-17(24-20-14)9-6-10-18(23)22-12-11-21(2)13-16(22)15-7-4-3-5-8-15/h3-5,7-8,16H,6,9-13H2,1-2H3/t16-/m1/s1. The number of nitrogens with zero attached hydrogens (tertiary/aromatic N) is 4. The van der Waals surface area contributed by atoms with Crippen molar-refractivity contribution in [2.75, 3.05) is 26.7 Å². The molecule has 1 aliphatic heterocycles. The van der Waals surface area contributed by atoms with Crippen LogP contribution >= 0.6 is 0 Å². The Balaban J connectivity index is 1.61. The Bertz CT molecular complexity index is 671. The zero-order chi connectivity index (χ0) is 16.9. The van der Waals surface area contributed by atoms with Crippen LogP contribution in [0.4, 0.5) is 0 Å². The number of aromatic nitrogens is 2. The number of aryl methyl sites for hydroxylation is 2. The number of hydrogen-bond acceptors (Lipinski definition) is 5. The number of benzene rings is 1. The molecule has 0 bridgehead atoms. The predicted molar refractivity (Wildman–Crippen MR) is 90.4 cm³/mol. The monoisotopic (exact) mass is 328 g/mol. The molecular formula is C18H24N4O2. The third-order valence-electron chi connectivity index (χ3n) is 4.44. The molecule has 1 fully saturated rings. The Morgan fingerprint density at radius 2 is 2.08 bits per heavy atom. The van der Waals surface area contributed by atoms with E-state index in [-0.39, 0.29) is 11.9 Å². The van der Waals surface area contributed by atoms with Crippen molar-refractivity contribution in [3.8, 4) is 0 Å². The fourth-order valence-corrected chi connectivity index (χ4v) is 3.15. The third kappa shape index (κ3) is 4.00. The van der Waals surface area contributed by atoms with E-state index in [1.165, 1.54) is 5.56 Å². The zero-order valence-electron chi connectivity index (χ0n) is 14.3. The van der Waals surface area contributed by atoms with Crippen LogP contribution in [-0.4, -0.2) is 52.5 Å². The number of hydrogen-bond donors (Lipinski definition) is 0. The van der Waals surface area contributed by atoms with Gasteiger partial charge in [-0.25, -0.2) is 0 Å². The van der Waals surface area contributed by atoms with Crippen LogP contribution in [0.1, 0.15) is 36.2 Å². The first-order valence-corrected chi connectivity index (χ1v) is 8.45. The Morgan fingerprint density at radius 1 is 1.29 bits per heavy atom. The van der Waals surface area contributed by atoms with Gasteiger partial charge in [-0.2, -0.15) is 4.98 Å². The predicted octanol–water partition coefficient (Wildman–Crippen LogP) is 2.22. The fourth-order valence-electron chi connectivity index (χ4n) is 3.15. The van der Waals surface area contributed by atoms with Crippen LogP contribution in [0.25, 0.3) is 0 Å². The van der Waals surface area contributed by atoms with E-state index in [1.807, 2.05) is 23.1 Å². The summed E-state index contributed by atoms with van der Waals surface area (Å²) in [5, 5.41) is 3.78. The number of carbonyl (C=O) groups is 1. The second kappa shape index (κ2) is 7.57. The molecule has 0 spiro atoms. The zero-order valence-corrected chi connectivity index (χ0v) is 14.3. The average Bonchev–Trinajstić information content (AvgIpc) is 3.01. The van der Waals surface area contributed by atoms with Crippen LogP contribution in [0.15, 0.2) is 34.9 Å². The van der Waals surface area contributed by atoms with Gasteiger partial charge in [-0.3, -0.25) is 4.79 Å². The summed E-state index contributed by atoms with van der Waals surface area (Å²) in [7, 11) is 2.11. The minimum absolute atomic E-state index is 0.128. The summed E-state index contributed by atoms with van der Waals surface area (Å²) >= 11 is 0. The molecule has 0 saturated carbocycles. The molecule has 1 aromatic carbocycles. The third-order valence-corrected chi connectivity index (χ3v) is 4.44. The van der Waals surface area contributed by atoms with E-state index in [4.69, 9.17) is 4.52 Å². The summed E-state index contributed by atoms with van der Waals surface area (Å²) in [6, 6.07) is 10.4. The van der Waals surface area contributed by atoms with E-state index in [2.05, 4.69) is 34.2 Å². The van der Waals surface area contributed by atoms with Gasteiger partial charge in [0.25, 0.3) is 0 Å². The van der Waals surface area contributed by atoms with Gasteiger partial charge in [0.05, 0.1) is 6.04 Å². The van der Waals surface area contributed by atoms with Gasteiger partial charge in [0.1, 0.15) is 0 Å². The van der Waals surface area contributed by atoms with Crippen LogP contribution in [0.2, 0.25) is 0 Å². The molecule has 0 aliphatic carbocycles. The molecule has 6 heteroatoms. The van der Waals surface area contributed by atoms with Crippen LogP contribution < -0.4 is 0 Å². The topological polar surface area (TPSA) is 62.5 Å². The van der Waals surface area contributed by atoms with Gasteiger partial charge in [-0.15, -0.1) is 0 Å². The highest BCUT2D eigenvalue weighted by Gasteiger charge is 2.29. The molecule has 1 aromatic heterocycles. The Morgan fingerprint density at radius 3 is 2.79 bits per heavy atom. The summed E-state index contributed by atoms with van der Waals surface area (Å²) in [6.45, 7) is 4.36. The summed E-state index contributed by atoms with van der Waals surface area (Å²) in [6.07, 6.45) is 1.89. The van der Waals surface area contributed by atoms with Crippen LogP contribution in [-0.2, 0) is 11.2 Å². The molecule has 1 aliphatic rings. The van der Waals surface area contributed by atoms with Gasteiger partial charge in [0.2, 0.25) is 11.8 Å². The number of rotatable bonds is 5. The van der Waals surface area contributed by atoms with Gasteiger partial charge in [0, 0.05) is 32.5 Å². The lowest BCUT2D eigenvalue weighted by molar-refractivity contribution is -0.136. The first-order valence-electron chi connectivity index (χ1n) is 8.45. The first-order chi connectivity index (χ1) is 11.6. The number of piperazine rings is 1. The quantitative estimate of drug-likeness (QED) is 0.842. The Labute approximate surface area is 142 Å². The molecule has 128 valence electrons. The van der Waals surface area contributed by atoms with Crippen molar-refractivity contribution in [3.63, 3.8) is 0 Å². The minimum Gasteiger partial charge on any atom is -0.339 e. The van der Waals surface area contributed by atoms with Gasteiger partial charge in [-0.1, -0.05) is 35.5 Å². The molecule has 6 nitrogen and oxygen atoms in total. The summed E-state index contributed by atoms with van der Waals surface area (Å²) < 4.78 is 5.10. The smallest absolute Gasteiger partial charge is 0.226 e. The maximum atomic E-state index is 12.7. The summed E-state index contributed by atoms with van der Waals surface area (Å²) in [5.74, 6) is 1.45. The van der Waals surface area contributed by atoms with E-state index in [0.717, 1.165) is 26.1 Å². The highest BCUT2D eigenvalue weighted by atomic mass is 16.5. The second-order valence-electron chi connectivity index (χ2n) is 6.36. The molecule has 1 saturated heterocycles. The van der Waals surface area contributed by atoms with Crippen LogP contribution in [0.5, 0.6) is 0 Å². The molecule has 0 unspecified atom stereocenters. The molecule has 0 radical (unpaired) electrons. The molecule has 3 rings (SSSR count). The molecule has 24 heavy (non-hydrogen) atoms. The Kier molecular flexibility index (Phi) is 5.25. The Hall–Kier alpha value is -2.21. The van der Waals surface area contributed by atoms with E-state index in [1.54, 1.807) is 6.92 Å². The van der Waals surface area contributed by atoms with E-state index in [0.29, 0.717) is 24.6 Å². The van der Waals surface area contributed by atoms with Crippen molar-refractivity contribution in [1.29, 1.82) is 0 Å². The van der Waals surface area contributed by atoms with E-state index >= 15 is 0 Å². The van der Waals surface area contributed by atoms with Gasteiger partial charge in [-0.05, 0) is 26.0 Å². The highest BCUT2D eigenvalue weighted by Crippen LogP contribution is 2.25. The number of carbonyl (C=O) groups excluding carboxylic acids is 1. The lowest BCUT2D eigenvalue weighted by Gasteiger charge is -2.40. The fraction of sp³-hybridized carbons (Fsp3) is 0.500. The molecular weight excluding hydrogens is 304 g/mol. The molecule has 2 heterocycles. The summed E-state index contributed by atoms with van der Waals surface area (Å²) in [5.41, 5.74) is 1.20. The normalized spacial score (nSPS) is 18.8. The van der Waals surface area contributed by atoms with Gasteiger partial charge in [0.15, 0.2) is 5.82 Å². The first kappa shape index (κ1) is 16.6. The largest absolute Gasteiger partial charge is 0.339 e. The number of amides is 1. The van der Waals surface area contributed by atoms with Crippen molar-refractivity contribution in [2.45, 2.75) is 32.2 Å². The summed E-state index contributed by atoms with van der Waals surface area (Å²) in [4.78, 5) is 21.2. The average molecular weight is 328 g/mol. The molecule has 0 N–H and O–H groups in total. The highest BCUT2D eigenvalue weighted by molar-refractivity contribution is 5.77. The van der Waals surface area contributed by atoms with E-state index < -0.39 is 0 Å². The van der Waals surface area contributed by atoms with Crippen molar-refractivity contribution < 1.29 is 9.32 Å².